The molecule has 0 fully saturated rings. The van der Waals surface area contributed by atoms with Gasteiger partial charge in [-0.1, -0.05) is 72.8 Å². The summed E-state index contributed by atoms with van der Waals surface area (Å²) >= 11 is 2.70. The number of thiazole rings is 1. The van der Waals surface area contributed by atoms with Gasteiger partial charge in [0.2, 0.25) is 5.91 Å². The van der Waals surface area contributed by atoms with E-state index in [9.17, 15) is 14.4 Å². The second kappa shape index (κ2) is 17.9. The molecule has 0 aliphatic rings. The average molecular weight is 757 g/mol. The van der Waals surface area contributed by atoms with Crippen LogP contribution in [-0.2, 0) is 9.59 Å². The zero-order chi connectivity index (χ0) is 37.9. The number of nitrogens with one attached hydrogen (secondary N) is 3. The number of benzene rings is 5. The number of amides is 3. The molecular weight excluding hydrogens is 721 g/mol. The predicted molar refractivity (Wildman–Crippen MR) is 214 cm³/mol. The van der Waals surface area contributed by atoms with Gasteiger partial charge in [-0.05, 0) is 66.2 Å². The number of carbonyl (C=O) groups is 3. The van der Waals surface area contributed by atoms with Gasteiger partial charge >= 0.3 is 0 Å². The van der Waals surface area contributed by atoms with Crippen LogP contribution in [0.2, 0.25) is 0 Å². The Hall–Kier alpha value is -6.37. The molecule has 0 saturated heterocycles. The fraction of sp³-hybridized carbons (Fsp3) is 0.0952. The third kappa shape index (κ3) is 9.16. The molecule has 0 aliphatic heterocycles. The lowest BCUT2D eigenvalue weighted by Gasteiger charge is -2.17. The number of hydrogen-bond donors (Lipinski definition) is 3. The first-order chi connectivity index (χ1) is 26.4. The summed E-state index contributed by atoms with van der Waals surface area (Å²) in [7, 11) is 4.63. The van der Waals surface area contributed by atoms with Crippen molar-refractivity contribution in [1.82, 2.24) is 10.3 Å². The van der Waals surface area contributed by atoms with E-state index in [4.69, 9.17) is 14.2 Å². The van der Waals surface area contributed by atoms with Crippen LogP contribution in [0.25, 0.3) is 17.3 Å². The fourth-order valence-electron chi connectivity index (χ4n) is 5.46. The van der Waals surface area contributed by atoms with Crippen molar-refractivity contribution in [3.8, 4) is 28.5 Å². The summed E-state index contributed by atoms with van der Waals surface area (Å²) in [5, 5.41) is 10.4. The van der Waals surface area contributed by atoms with E-state index in [0.29, 0.717) is 44.9 Å². The maximum Gasteiger partial charge on any atom is 0.272 e. The summed E-state index contributed by atoms with van der Waals surface area (Å²) < 4.78 is 16.5. The standard InChI is InChI=1S/C42H36N4O6S2/c1-50-35-19-11-10-18-32(35)34-26-53-42(45-34)46-41(49)38(27-13-6-4-7-14-27)54-31-23-21-30(22-24-31)43-40(48)33(44-39(47)28-15-8-5-9-16-28)25-29-17-12-20-36(51-2)37(29)52-3/h4-26,38H,1-3H3,(H,43,48)(H,44,47)(H,45,46,49)/b33-25-. The Balaban J connectivity index is 1.20. The van der Waals surface area contributed by atoms with Crippen molar-refractivity contribution < 1.29 is 28.6 Å². The minimum Gasteiger partial charge on any atom is -0.496 e. The molecule has 6 rings (SSSR count). The molecule has 12 heteroatoms. The van der Waals surface area contributed by atoms with Crippen molar-refractivity contribution in [3.05, 3.63) is 155 Å². The van der Waals surface area contributed by atoms with Crippen LogP contribution in [0.5, 0.6) is 17.2 Å². The Kier molecular flexibility index (Phi) is 12.4. The number of para-hydroxylation sites is 2. The lowest BCUT2D eigenvalue weighted by atomic mass is 10.1. The first-order valence-electron chi connectivity index (χ1n) is 16.7. The molecule has 1 unspecified atom stereocenters. The van der Waals surface area contributed by atoms with Gasteiger partial charge in [-0.25, -0.2) is 4.98 Å². The highest BCUT2D eigenvalue weighted by atomic mass is 32.2. The topological polar surface area (TPSA) is 128 Å². The molecular formula is C42H36N4O6S2. The molecule has 1 heterocycles. The lowest BCUT2D eigenvalue weighted by Crippen LogP contribution is -2.30. The van der Waals surface area contributed by atoms with E-state index in [-0.39, 0.29) is 11.6 Å². The highest BCUT2D eigenvalue weighted by molar-refractivity contribution is 8.00. The highest BCUT2D eigenvalue weighted by Gasteiger charge is 2.24. The molecule has 0 spiro atoms. The molecule has 1 aromatic heterocycles. The van der Waals surface area contributed by atoms with E-state index in [1.165, 1.54) is 43.4 Å². The van der Waals surface area contributed by atoms with Gasteiger partial charge in [0.1, 0.15) is 16.7 Å². The van der Waals surface area contributed by atoms with Crippen LogP contribution in [0.1, 0.15) is 26.7 Å². The number of methoxy groups -OCH3 is 3. The predicted octanol–water partition coefficient (Wildman–Crippen LogP) is 8.72. The van der Waals surface area contributed by atoms with Crippen LogP contribution < -0.4 is 30.2 Å². The molecule has 3 N–H and O–H groups in total. The third-order valence-corrected chi connectivity index (χ3v) is 10.1. The summed E-state index contributed by atoms with van der Waals surface area (Å²) in [5.41, 5.74) is 3.74. The van der Waals surface area contributed by atoms with E-state index in [2.05, 4.69) is 20.9 Å². The van der Waals surface area contributed by atoms with Crippen LogP contribution in [0, 0.1) is 0 Å². The quantitative estimate of drug-likeness (QED) is 0.0744. The highest BCUT2D eigenvalue weighted by Crippen LogP contribution is 2.38. The van der Waals surface area contributed by atoms with Crippen LogP contribution in [-0.4, -0.2) is 44.0 Å². The summed E-state index contributed by atoms with van der Waals surface area (Å²) in [6.07, 6.45) is 1.53. The van der Waals surface area contributed by atoms with E-state index in [1.54, 1.807) is 67.8 Å². The van der Waals surface area contributed by atoms with Crippen LogP contribution in [0.4, 0.5) is 10.8 Å². The Morgan fingerprint density at radius 3 is 2.09 bits per heavy atom. The Bertz CT molecular complexity index is 2260. The smallest absolute Gasteiger partial charge is 0.272 e. The van der Waals surface area contributed by atoms with Crippen LogP contribution in [0.15, 0.2) is 143 Å². The third-order valence-electron chi connectivity index (χ3n) is 8.09. The molecule has 3 amide bonds. The number of carbonyl (C=O) groups excluding carboxylic acids is 3. The Morgan fingerprint density at radius 1 is 0.722 bits per heavy atom. The van der Waals surface area contributed by atoms with Gasteiger partial charge in [0.05, 0.1) is 27.0 Å². The monoisotopic (exact) mass is 756 g/mol. The van der Waals surface area contributed by atoms with Gasteiger partial charge in [-0.15, -0.1) is 23.1 Å². The number of thioether (sulfide) groups is 1. The summed E-state index contributed by atoms with van der Waals surface area (Å²) in [6, 6.07) is 38.1. The van der Waals surface area contributed by atoms with E-state index < -0.39 is 17.1 Å². The second-order valence-electron chi connectivity index (χ2n) is 11.6. The van der Waals surface area contributed by atoms with Crippen molar-refractivity contribution in [2.24, 2.45) is 0 Å². The molecule has 54 heavy (non-hydrogen) atoms. The zero-order valence-corrected chi connectivity index (χ0v) is 31.2. The van der Waals surface area contributed by atoms with Gasteiger partial charge < -0.3 is 30.2 Å². The van der Waals surface area contributed by atoms with Crippen molar-refractivity contribution in [2.75, 3.05) is 32.0 Å². The zero-order valence-electron chi connectivity index (χ0n) is 29.6. The second-order valence-corrected chi connectivity index (χ2v) is 13.6. The van der Waals surface area contributed by atoms with Crippen molar-refractivity contribution >= 4 is 57.7 Å². The largest absolute Gasteiger partial charge is 0.496 e. The minimum absolute atomic E-state index is 0.00859. The van der Waals surface area contributed by atoms with Gasteiger partial charge in [0.25, 0.3) is 11.8 Å². The van der Waals surface area contributed by atoms with Gasteiger partial charge in [-0.3, -0.25) is 14.4 Å². The fourth-order valence-corrected chi connectivity index (χ4v) is 7.20. The first kappa shape index (κ1) is 37.4. The van der Waals surface area contributed by atoms with Gasteiger partial charge in [0, 0.05) is 32.7 Å². The molecule has 0 aliphatic carbocycles. The molecule has 0 bridgehead atoms. The summed E-state index contributed by atoms with van der Waals surface area (Å²) in [4.78, 5) is 46.2. The molecule has 272 valence electrons. The van der Waals surface area contributed by atoms with Crippen LogP contribution >= 0.6 is 23.1 Å². The number of hydrogen-bond acceptors (Lipinski definition) is 9. The van der Waals surface area contributed by atoms with E-state index in [1.807, 2.05) is 72.1 Å². The van der Waals surface area contributed by atoms with Crippen molar-refractivity contribution in [1.29, 1.82) is 0 Å². The normalized spacial score (nSPS) is 11.6. The lowest BCUT2D eigenvalue weighted by molar-refractivity contribution is -0.116. The number of rotatable bonds is 14. The molecule has 5 aromatic carbocycles. The first-order valence-corrected chi connectivity index (χ1v) is 18.4. The van der Waals surface area contributed by atoms with Crippen LogP contribution in [0.3, 0.4) is 0 Å². The van der Waals surface area contributed by atoms with Gasteiger partial charge in [-0.2, -0.15) is 0 Å². The minimum atomic E-state index is -0.606. The van der Waals surface area contributed by atoms with E-state index in [0.717, 1.165) is 16.0 Å². The molecule has 6 aromatic rings. The molecule has 0 saturated carbocycles. The average Bonchev–Trinajstić information content (AvgIpc) is 3.68. The van der Waals surface area contributed by atoms with Crippen molar-refractivity contribution in [3.63, 3.8) is 0 Å². The summed E-state index contributed by atoms with van der Waals surface area (Å²) in [5.74, 6) is 0.331. The number of nitrogens with zero attached hydrogens (tertiary/aromatic N) is 1. The SMILES string of the molecule is COc1ccccc1-c1csc(NC(=O)C(Sc2ccc(NC(=O)/C(=C/c3cccc(OC)c3OC)NC(=O)c3ccccc3)cc2)c2ccccc2)n1. The molecule has 1 atom stereocenters. The maximum atomic E-state index is 13.8. The molecule has 0 radical (unpaired) electrons. The number of ether oxygens (including phenoxy) is 3. The number of aromatic nitrogens is 1. The Morgan fingerprint density at radius 2 is 1.39 bits per heavy atom. The summed E-state index contributed by atoms with van der Waals surface area (Å²) in [6.45, 7) is 0. The number of anilines is 2. The maximum absolute atomic E-state index is 13.8. The molecule has 10 nitrogen and oxygen atoms in total. The van der Waals surface area contributed by atoms with E-state index >= 15 is 0 Å². The van der Waals surface area contributed by atoms with Crippen molar-refractivity contribution in [2.45, 2.75) is 10.1 Å². The van der Waals surface area contributed by atoms with Gasteiger partial charge in [0.15, 0.2) is 16.6 Å². The Labute approximate surface area is 321 Å².